The van der Waals surface area contributed by atoms with Gasteiger partial charge in [-0.2, -0.15) is 5.26 Å². The number of aliphatic carboxylic acids is 1. The molecule has 2 heterocycles. The van der Waals surface area contributed by atoms with Crippen LogP contribution < -0.4 is 4.90 Å². The number of benzene rings is 2. The van der Waals surface area contributed by atoms with Crippen LogP contribution in [0.1, 0.15) is 52.2 Å². The number of nitrogens with zero attached hydrogens (tertiary/aromatic N) is 3. The molecule has 4 aromatic rings. The molecule has 0 saturated carbocycles. The molecule has 9 heteroatoms. The summed E-state index contributed by atoms with van der Waals surface area (Å²) in [5.41, 5.74) is 5.97. The van der Waals surface area contributed by atoms with Crippen LogP contribution in [0.15, 0.2) is 90.0 Å². The van der Waals surface area contributed by atoms with E-state index < -0.39 is 24.4 Å². The van der Waals surface area contributed by atoms with E-state index in [1.54, 1.807) is 0 Å². The van der Waals surface area contributed by atoms with Crippen molar-refractivity contribution in [3.8, 4) is 16.5 Å². The number of carboxylic acid groups (broad SMARTS) is 2. The summed E-state index contributed by atoms with van der Waals surface area (Å²) in [4.78, 5) is 38.8. The summed E-state index contributed by atoms with van der Waals surface area (Å²) in [5, 5.41) is 29.8. The van der Waals surface area contributed by atoms with Gasteiger partial charge in [-0.3, -0.25) is 14.5 Å². The van der Waals surface area contributed by atoms with E-state index in [9.17, 15) is 29.9 Å². The van der Waals surface area contributed by atoms with Gasteiger partial charge in [0.1, 0.15) is 18.2 Å². The van der Waals surface area contributed by atoms with Crippen LogP contribution in [0.4, 0.5) is 5.69 Å². The van der Waals surface area contributed by atoms with E-state index in [0.29, 0.717) is 10.8 Å². The molecule has 1 amide bonds. The number of rotatable bonds is 8. The molecule has 0 radical (unpaired) electrons. The van der Waals surface area contributed by atoms with E-state index in [2.05, 4.69) is 60.1 Å². The number of aromatic carboxylic acids is 1. The molecule has 0 aliphatic heterocycles. The average Bonchev–Trinajstić information content (AvgIpc) is 3.49. The number of amides is 1. The lowest BCUT2D eigenvalue weighted by Crippen LogP contribution is -2.36. The zero-order valence-corrected chi connectivity index (χ0v) is 25.3. The van der Waals surface area contributed by atoms with Gasteiger partial charge in [-0.15, -0.1) is 11.3 Å². The van der Waals surface area contributed by atoms with Gasteiger partial charge < -0.3 is 14.8 Å². The number of thiophene rings is 1. The molecular formula is C36H29N3O5S. The Morgan fingerprint density at radius 3 is 2.58 bits per heavy atom. The highest BCUT2D eigenvalue weighted by molar-refractivity contribution is 7.16. The number of hydrogen-bond acceptors (Lipinski definition) is 5. The van der Waals surface area contributed by atoms with E-state index in [4.69, 9.17) is 0 Å². The second-order valence-corrected chi connectivity index (χ2v) is 12.0. The van der Waals surface area contributed by atoms with Gasteiger partial charge in [0.2, 0.25) is 0 Å². The van der Waals surface area contributed by atoms with Gasteiger partial charge in [0.05, 0.1) is 5.56 Å². The smallest absolute Gasteiger partial charge is 0.335 e. The SMILES string of the molecule is CCn1c2c(c3cc(-c4ccc(/C=C(\C#N)C(=O)N(CC(=O)O)c5ccc(C(=O)O)cc5)s4)ccc31)C1C=C(C=CCC1)C=C2. The lowest BCUT2D eigenvalue weighted by atomic mass is 9.91. The standard InChI is InChI=1S/C36H29N3O5S/c1-2-38-30-15-10-24(19-29(30)34-25-6-4-3-5-22(17-25)7-14-31(34)38)32-16-13-28(45-32)18-26(20-37)35(42)39(21-33(40)41)27-11-8-23(9-12-27)36(43)44/h3,5,7-19,25H,2,4,6,21H2,1H3,(H,40,41)(H,43,44)/b26-18+. The fourth-order valence-corrected chi connectivity index (χ4v) is 7.01. The van der Waals surface area contributed by atoms with Crippen LogP contribution in [0.2, 0.25) is 0 Å². The molecule has 1 atom stereocenters. The molecule has 2 aliphatic carbocycles. The molecule has 8 nitrogen and oxygen atoms in total. The molecule has 6 rings (SSSR count). The molecule has 0 saturated heterocycles. The molecule has 2 aromatic heterocycles. The summed E-state index contributed by atoms with van der Waals surface area (Å²) in [5.74, 6) is -2.90. The maximum atomic E-state index is 13.4. The van der Waals surface area contributed by atoms with Crippen molar-refractivity contribution >= 4 is 57.9 Å². The van der Waals surface area contributed by atoms with Crippen molar-refractivity contribution in [2.45, 2.75) is 32.2 Å². The number of fused-ring (bicyclic) bond motifs is 5. The van der Waals surface area contributed by atoms with E-state index in [1.165, 1.54) is 69.4 Å². The molecule has 0 fully saturated rings. The van der Waals surface area contributed by atoms with Crippen LogP contribution in [-0.2, 0) is 16.1 Å². The summed E-state index contributed by atoms with van der Waals surface area (Å²) >= 11 is 1.44. The van der Waals surface area contributed by atoms with E-state index in [1.807, 2.05) is 18.2 Å². The Hall–Kier alpha value is -5.46. The minimum Gasteiger partial charge on any atom is -0.480 e. The lowest BCUT2D eigenvalue weighted by molar-refractivity contribution is -0.136. The number of aryl methyl sites for hydroxylation is 1. The molecule has 2 bridgehead atoms. The van der Waals surface area contributed by atoms with Crippen molar-refractivity contribution in [3.63, 3.8) is 0 Å². The Kier molecular flexibility index (Phi) is 8.07. The third-order valence-corrected chi connectivity index (χ3v) is 9.21. The van der Waals surface area contributed by atoms with Gasteiger partial charge in [-0.25, -0.2) is 4.79 Å². The van der Waals surface area contributed by atoms with Gasteiger partial charge in [-0.1, -0.05) is 30.4 Å². The second-order valence-electron chi connectivity index (χ2n) is 10.9. The number of aromatic nitrogens is 1. The van der Waals surface area contributed by atoms with Crippen molar-refractivity contribution in [1.29, 1.82) is 5.26 Å². The second kappa shape index (κ2) is 12.3. The van der Waals surface area contributed by atoms with Crippen molar-refractivity contribution < 1.29 is 24.6 Å². The van der Waals surface area contributed by atoms with Crippen LogP contribution in [0.5, 0.6) is 0 Å². The predicted octanol–water partition coefficient (Wildman–Crippen LogP) is 7.50. The number of allylic oxidation sites excluding steroid dienone is 5. The van der Waals surface area contributed by atoms with E-state index >= 15 is 0 Å². The maximum Gasteiger partial charge on any atom is 0.335 e. The van der Waals surface area contributed by atoms with Crippen molar-refractivity contribution in [1.82, 2.24) is 4.57 Å². The molecule has 0 spiro atoms. The first kappa shape index (κ1) is 29.6. The van der Waals surface area contributed by atoms with Crippen molar-refractivity contribution in [3.05, 3.63) is 112 Å². The van der Waals surface area contributed by atoms with Gasteiger partial charge in [-0.05, 0) is 97.1 Å². The zero-order valence-electron chi connectivity index (χ0n) is 24.4. The molecule has 45 heavy (non-hydrogen) atoms. The van der Waals surface area contributed by atoms with Crippen molar-refractivity contribution in [2.75, 3.05) is 11.4 Å². The summed E-state index contributed by atoms with van der Waals surface area (Å²) in [6.45, 7) is 2.33. The third kappa shape index (κ3) is 5.76. The Morgan fingerprint density at radius 2 is 1.87 bits per heavy atom. The number of nitriles is 1. The highest BCUT2D eigenvalue weighted by Crippen LogP contribution is 2.42. The van der Waals surface area contributed by atoms with Gasteiger partial charge in [0.15, 0.2) is 0 Å². The number of carbonyl (C=O) groups is 3. The third-order valence-electron chi connectivity index (χ3n) is 8.13. The molecule has 2 aromatic carbocycles. The van der Waals surface area contributed by atoms with E-state index in [0.717, 1.165) is 34.7 Å². The summed E-state index contributed by atoms with van der Waals surface area (Å²) in [7, 11) is 0. The van der Waals surface area contributed by atoms with Gasteiger partial charge >= 0.3 is 11.9 Å². The number of hydrogen-bond donors (Lipinski definition) is 2. The summed E-state index contributed by atoms with van der Waals surface area (Å²) in [6, 6.07) is 17.5. The quantitative estimate of drug-likeness (QED) is 0.156. The Morgan fingerprint density at radius 1 is 1.07 bits per heavy atom. The Bertz CT molecular complexity index is 2020. The Labute approximate surface area is 263 Å². The van der Waals surface area contributed by atoms with Crippen LogP contribution >= 0.6 is 11.3 Å². The van der Waals surface area contributed by atoms with Crippen molar-refractivity contribution in [2.24, 2.45) is 0 Å². The maximum absolute atomic E-state index is 13.4. The van der Waals surface area contributed by atoms with Crippen LogP contribution in [0, 0.1) is 11.3 Å². The summed E-state index contributed by atoms with van der Waals surface area (Å²) in [6.07, 6.45) is 14.7. The number of anilines is 1. The minimum absolute atomic E-state index is 0.00641. The lowest BCUT2D eigenvalue weighted by Gasteiger charge is -2.20. The number of carboxylic acids is 2. The first-order valence-electron chi connectivity index (χ1n) is 14.6. The fourth-order valence-electron chi connectivity index (χ4n) is 6.06. The van der Waals surface area contributed by atoms with Crippen LogP contribution in [0.25, 0.3) is 33.5 Å². The Balaban J connectivity index is 1.34. The molecule has 1 unspecified atom stereocenters. The average molecular weight is 616 g/mol. The molecule has 2 N–H and O–H groups in total. The topological polar surface area (TPSA) is 124 Å². The first-order valence-corrected chi connectivity index (χ1v) is 15.4. The van der Waals surface area contributed by atoms with Gasteiger partial charge in [0.25, 0.3) is 5.91 Å². The van der Waals surface area contributed by atoms with Crippen LogP contribution in [-0.4, -0.2) is 39.2 Å². The highest BCUT2D eigenvalue weighted by Gasteiger charge is 2.25. The molecule has 2 aliphatic rings. The largest absolute Gasteiger partial charge is 0.480 e. The number of carbonyl (C=O) groups excluding carboxylic acids is 1. The van der Waals surface area contributed by atoms with Gasteiger partial charge in [0, 0.05) is 44.5 Å². The fraction of sp³-hybridized carbons (Fsp3) is 0.167. The monoisotopic (exact) mass is 615 g/mol. The zero-order chi connectivity index (χ0) is 31.7. The normalized spacial score (nSPS) is 15.5. The molecule has 224 valence electrons. The van der Waals surface area contributed by atoms with E-state index in [-0.39, 0.29) is 16.8 Å². The van der Waals surface area contributed by atoms with Crippen LogP contribution in [0.3, 0.4) is 0 Å². The molecular weight excluding hydrogens is 586 g/mol. The summed E-state index contributed by atoms with van der Waals surface area (Å²) < 4.78 is 2.37. The predicted molar refractivity (Wildman–Crippen MR) is 176 cm³/mol. The highest BCUT2D eigenvalue weighted by atomic mass is 32.1. The first-order chi connectivity index (χ1) is 21.8. The minimum atomic E-state index is -1.27.